The molecule has 0 radical (unpaired) electrons. The summed E-state index contributed by atoms with van der Waals surface area (Å²) >= 11 is 0. The number of halogens is 1. The molecule has 1 N–H and O–H groups in total. The van der Waals surface area contributed by atoms with Crippen LogP contribution in [-0.2, 0) is 4.79 Å². The second-order valence-corrected chi connectivity index (χ2v) is 2.82. The standard InChI is InChI=1S/C11H10O3.ClH/c1-8(12)10-5-3-2-4-9(10)6-7-11(13)14;/h2-7H,1H3,(H,13,14);1H. The Morgan fingerprint density at radius 1 is 1.27 bits per heavy atom. The number of carboxylic acids is 1. The van der Waals surface area contributed by atoms with Gasteiger partial charge < -0.3 is 5.11 Å². The largest absolute Gasteiger partial charge is 0.478 e. The van der Waals surface area contributed by atoms with E-state index in [2.05, 4.69) is 0 Å². The van der Waals surface area contributed by atoms with E-state index >= 15 is 0 Å². The van der Waals surface area contributed by atoms with Gasteiger partial charge in [-0.1, -0.05) is 24.3 Å². The topological polar surface area (TPSA) is 54.4 Å². The van der Waals surface area contributed by atoms with E-state index in [1.54, 1.807) is 24.3 Å². The van der Waals surface area contributed by atoms with Crippen LogP contribution in [0.5, 0.6) is 0 Å². The van der Waals surface area contributed by atoms with E-state index in [1.807, 2.05) is 0 Å². The van der Waals surface area contributed by atoms with Crippen LogP contribution in [0.15, 0.2) is 30.3 Å². The van der Waals surface area contributed by atoms with E-state index in [9.17, 15) is 9.59 Å². The molecule has 0 aliphatic heterocycles. The second-order valence-electron chi connectivity index (χ2n) is 2.82. The van der Waals surface area contributed by atoms with Gasteiger partial charge in [0.05, 0.1) is 0 Å². The molecule has 1 aromatic rings. The third-order valence-electron chi connectivity index (χ3n) is 1.75. The molecule has 0 saturated carbocycles. The lowest BCUT2D eigenvalue weighted by molar-refractivity contribution is -0.131. The Bertz CT molecular complexity index is 397. The zero-order chi connectivity index (χ0) is 10.6. The highest BCUT2D eigenvalue weighted by Crippen LogP contribution is 2.11. The van der Waals surface area contributed by atoms with Crippen LogP contribution in [0, 0.1) is 0 Å². The van der Waals surface area contributed by atoms with Crippen molar-refractivity contribution in [3.8, 4) is 0 Å². The van der Waals surface area contributed by atoms with Crippen LogP contribution in [0.1, 0.15) is 22.8 Å². The number of benzene rings is 1. The summed E-state index contributed by atoms with van der Waals surface area (Å²) in [6, 6.07) is 6.88. The minimum atomic E-state index is -1.02. The van der Waals surface area contributed by atoms with Crippen molar-refractivity contribution in [2.75, 3.05) is 0 Å². The molecule has 0 aliphatic carbocycles. The monoisotopic (exact) mass is 226 g/mol. The fraction of sp³-hybridized carbons (Fsp3) is 0.0909. The SMILES string of the molecule is CC(=O)c1ccccc1C=CC(=O)O.Cl. The Kier molecular flexibility index (Phi) is 5.34. The van der Waals surface area contributed by atoms with Crippen LogP contribution in [0.2, 0.25) is 0 Å². The lowest BCUT2D eigenvalue weighted by Crippen LogP contribution is -1.95. The minimum absolute atomic E-state index is 0. The van der Waals surface area contributed by atoms with Gasteiger partial charge in [-0.15, -0.1) is 12.4 Å². The number of hydrogen-bond donors (Lipinski definition) is 1. The van der Waals surface area contributed by atoms with Gasteiger partial charge in [0, 0.05) is 11.6 Å². The molecule has 3 nitrogen and oxygen atoms in total. The second kappa shape index (κ2) is 5.98. The predicted molar refractivity (Wildman–Crippen MR) is 60.4 cm³/mol. The molecule has 0 bridgehead atoms. The van der Waals surface area contributed by atoms with Gasteiger partial charge >= 0.3 is 5.97 Å². The minimum Gasteiger partial charge on any atom is -0.478 e. The Balaban J connectivity index is 0.00000196. The van der Waals surface area contributed by atoms with Gasteiger partial charge in [-0.25, -0.2) is 4.79 Å². The summed E-state index contributed by atoms with van der Waals surface area (Å²) in [5.41, 5.74) is 1.16. The number of aliphatic carboxylic acids is 1. The Morgan fingerprint density at radius 2 is 1.87 bits per heavy atom. The van der Waals surface area contributed by atoms with Gasteiger partial charge in [-0.2, -0.15) is 0 Å². The van der Waals surface area contributed by atoms with Crippen molar-refractivity contribution >= 4 is 30.2 Å². The predicted octanol–water partition coefficient (Wildman–Crippen LogP) is 2.41. The molecule has 0 heterocycles. The molecule has 1 aromatic carbocycles. The van der Waals surface area contributed by atoms with Crippen molar-refractivity contribution in [1.29, 1.82) is 0 Å². The van der Waals surface area contributed by atoms with Gasteiger partial charge in [0.15, 0.2) is 5.78 Å². The van der Waals surface area contributed by atoms with Crippen LogP contribution in [0.25, 0.3) is 6.08 Å². The van der Waals surface area contributed by atoms with Gasteiger partial charge in [-0.05, 0) is 18.6 Å². The first kappa shape index (κ1) is 13.4. The van der Waals surface area contributed by atoms with Crippen molar-refractivity contribution in [3.63, 3.8) is 0 Å². The van der Waals surface area contributed by atoms with E-state index in [0.717, 1.165) is 6.08 Å². The summed E-state index contributed by atoms with van der Waals surface area (Å²) in [7, 11) is 0. The normalized spacial score (nSPS) is 9.67. The van der Waals surface area contributed by atoms with Crippen LogP contribution < -0.4 is 0 Å². The molecule has 0 amide bonds. The molecule has 4 heteroatoms. The van der Waals surface area contributed by atoms with Crippen LogP contribution in [0.3, 0.4) is 0 Å². The average Bonchev–Trinajstić information content (AvgIpc) is 2.15. The molecule has 1 rings (SSSR count). The van der Waals surface area contributed by atoms with Crippen molar-refractivity contribution in [2.24, 2.45) is 0 Å². The van der Waals surface area contributed by atoms with E-state index in [-0.39, 0.29) is 18.2 Å². The third-order valence-corrected chi connectivity index (χ3v) is 1.75. The summed E-state index contributed by atoms with van der Waals surface area (Å²) in [6.45, 7) is 1.45. The molecule has 0 aliphatic rings. The van der Waals surface area contributed by atoms with Crippen molar-refractivity contribution < 1.29 is 14.7 Å². The number of rotatable bonds is 3. The summed E-state index contributed by atoms with van der Waals surface area (Å²) in [4.78, 5) is 21.4. The summed E-state index contributed by atoms with van der Waals surface area (Å²) in [6.07, 6.45) is 2.43. The zero-order valence-electron chi connectivity index (χ0n) is 8.14. The van der Waals surface area contributed by atoms with E-state index in [1.165, 1.54) is 13.0 Å². The van der Waals surface area contributed by atoms with Crippen molar-refractivity contribution in [1.82, 2.24) is 0 Å². The quantitative estimate of drug-likeness (QED) is 0.636. The third kappa shape index (κ3) is 3.95. The molecule has 0 fully saturated rings. The Labute approximate surface area is 93.8 Å². The van der Waals surface area contributed by atoms with Gasteiger partial charge in [0.2, 0.25) is 0 Å². The number of Topliss-reactive ketones (excluding diaryl/α,β-unsaturated/α-hetero) is 1. The highest BCUT2D eigenvalue weighted by Gasteiger charge is 2.02. The smallest absolute Gasteiger partial charge is 0.328 e. The molecule has 80 valence electrons. The van der Waals surface area contributed by atoms with Gasteiger partial charge in [0.25, 0.3) is 0 Å². The molecule has 0 atom stereocenters. The zero-order valence-corrected chi connectivity index (χ0v) is 8.95. The van der Waals surface area contributed by atoms with Crippen LogP contribution >= 0.6 is 12.4 Å². The number of hydrogen-bond acceptors (Lipinski definition) is 2. The first-order chi connectivity index (χ1) is 6.61. The van der Waals surface area contributed by atoms with Crippen LogP contribution in [-0.4, -0.2) is 16.9 Å². The van der Waals surface area contributed by atoms with E-state index in [4.69, 9.17) is 5.11 Å². The lowest BCUT2D eigenvalue weighted by Gasteiger charge is -1.99. The van der Waals surface area contributed by atoms with Gasteiger partial charge in [-0.3, -0.25) is 4.79 Å². The maximum atomic E-state index is 11.1. The average molecular weight is 227 g/mol. The number of carbonyl (C=O) groups is 2. The summed E-state index contributed by atoms with van der Waals surface area (Å²) in [5, 5.41) is 8.43. The highest BCUT2D eigenvalue weighted by atomic mass is 35.5. The molecule has 0 spiro atoms. The molecular formula is C11H11ClO3. The molecule has 0 aromatic heterocycles. The lowest BCUT2D eigenvalue weighted by atomic mass is 10.0. The fourth-order valence-electron chi connectivity index (χ4n) is 1.12. The number of ketones is 1. The molecular weight excluding hydrogens is 216 g/mol. The summed E-state index contributed by atoms with van der Waals surface area (Å²) < 4.78 is 0. The van der Waals surface area contributed by atoms with Crippen molar-refractivity contribution in [3.05, 3.63) is 41.5 Å². The van der Waals surface area contributed by atoms with Crippen LogP contribution in [0.4, 0.5) is 0 Å². The maximum Gasteiger partial charge on any atom is 0.328 e. The van der Waals surface area contributed by atoms with E-state index < -0.39 is 5.97 Å². The first-order valence-electron chi connectivity index (χ1n) is 4.12. The van der Waals surface area contributed by atoms with E-state index in [0.29, 0.717) is 11.1 Å². The maximum absolute atomic E-state index is 11.1. The molecule has 15 heavy (non-hydrogen) atoms. The Morgan fingerprint density at radius 3 is 2.40 bits per heavy atom. The number of carbonyl (C=O) groups excluding carboxylic acids is 1. The molecule has 0 saturated heterocycles. The molecule has 0 unspecified atom stereocenters. The summed E-state index contributed by atoms with van der Waals surface area (Å²) in [5.74, 6) is -1.10. The fourth-order valence-corrected chi connectivity index (χ4v) is 1.12. The van der Waals surface area contributed by atoms with Crippen molar-refractivity contribution in [2.45, 2.75) is 6.92 Å². The number of carboxylic acid groups (broad SMARTS) is 1. The first-order valence-corrected chi connectivity index (χ1v) is 4.12. The van der Waals surface area contributed by atoms with Gasteiger partial charge in [0.1, 0.15) is 0 Å². The Hall–Kier alpha value is -1.61. The highest BCUT2D eigenvalue weighted by molar-refractivity contribution is 5.98.